The molecule has 3 heteroatoms. The number of nitrogens with zero attached hydrogens (tertiary/aromatic N) is 1. The second kappa shape index (κ2) is 7.01. The van der Waals surface area contributed by atoms with Crippen molar-refractivity contribution in [1.29, 1.82) is 0 Å². The Morgan fingerprint density at radius 3 is 2.44 bits per heavy atom. The second-order valence-electron chi connectivity index (χ2n) is 5.26. The van der Waals surface area contributed by atoms with Crippen LogP contribution < -0.4 is 10.2 Å². The van der Waals surface area contributed by atoms with Gasteiger partial charge in [0.15, 0.2) is 0 Å². The molecule has 2 nitrogen and oxygen atoms in total. The van der Waals surface area contributed by atoms with Gasteiger partial charge in [-0.15, -0.1) is 0 Å². The van der Waals surface area contributed by atoms with Crippen LogP contribution in [0.5, 0.6) is 0 Å². The Kier molecular flexibility index (Phi) is 5.97. The maximum atomic E-state index is 6.37. The van der Waals surface area contributed by atoms with Crippen LogP contribution >= 0.6 is 11.6 Å². The summed E-state index contributed by atoms with van der Waals surface area (Å²) in [6, 6.07) is 6.64. The van der Waals surface area contributed by atoms with Gasteiger partial charge in [-0.2, -0.15) is 0 Å². The third kappa shape index (κ3) is 4.18. The predicted octanol–water partition coefficient (Wildman–Crippen LogP) is 4.10. The molecule has 0 heterocycles. The van der Waals surface area contributed by atoms with Crippen molar-refractivity contribution < 1.29 is 0 Å². The fourth-order valence-electron chi connectivity index (χ4n) is 2.17. The number of benzene rings is 1. The lowest BCUT2D eigenvalue weighted by atomic mass is 10.1. The molecule has 0 saturated heterocycles. The minimum atomic E-state index is 0.298. The van der Waals surface area contributed by atoms with Gasteiger partial charge < -0.3 is 10.2 Å². The molecule has 0 aromatic heterocycles. The van der Waals surface area contributed by atoms with E-state index in [1.54, 1.807) is 0 Å². The molecule has 0 spiro atoms. The van der Waals surface area contributed by atoms with Gasteiger partial charge in [0.05, 0.1) is 0 Å². The van der Waals surface area contributed by atoms with Gasteiger partial charge in [0.25, 0.3) is 0 Å². The molecule has 1 atom stereocenters. The summed E-state index contributed by atoms with van der Waals surface area (Å²) >= 11 is 6.37. The molecule has 0 aliphatic carbocycles. The molecule has 1 aromatic rings. The van der Waals surface area contributed by atoms with Crippen LogP contribution in [0.4, 0.5) is 5.69 Å². The van der Waals surface area contributed by atoms with Crippen molar-refractivity contribution >= 4 is 17.3 Å². The van der Waals surface area contributed by atoms with Gasteiger partial charge in [0, 0.05) is 30.3 Å². The Hall–Kier alpha value is -0.730. The Labute approximate surface area is 116 Å². The summed E-state index contributed by atoms with van der Waals surface area (Å²) in [5.41, 5.74) is 2.35. The number of anilines is 1. The fraction of sp³-hybridized carbons (Fsp3) is 0.600. The van der Waals surface area contributed by atoms with Crippen molar-refractivity contribution in [2.45, 2.75) is 33.7 Å². The summed E-state index contributed by atoms with van der Waals surface area (Å²) in [4.78, 5) is 2.25. The lowest BCUT2D eigenvalue weighted by Crippen LogP contribution is -2.23. The first-order valence-electron chi connectivity index (χ1n) is 6.69. The van der Waals surface area contributed by atoms with Crippen LogP contribution in [0, 0.1) is 5.92 Å². The average molecular weight is 269 g/mol. The largest absolute Gasteiger partial charge is 0.374 e. The zero-order valence-corrected chi connectivity index (χ0v) is 12.9. The van der Waals surface area contributed by atoms with E-state index in [-0.39, 0.29) is 0 Å². The van der Waals surface area contributed by atoms with Crippen LogP contribution in [0.3, 0.4) is 0 Å². The van der Waals surface area contributed by atoms with E-state index >= 15 is 0 Å². The van der Waals surface area contributed by atoms with Crippen LogP contribution in [-0.4, -0.2) is 20.1 Å². The molecule has 1 unspecified atom stereocenters. The lowest BCUT2D eigenvalue weighted by Gasteiger charge is -2.23. The fourth-order valence-corrected chi connectivity index (χ4v) is 2.51. The first-order chi connectivity index (χ1) is 8.45. The normalized spacial score (nSPS) is 12.8. The molecule has 1 N–H and O–H groups in total. The molecule has 18 heavy (non-hydrogen) atoms. The molecule has 1 aromatic carbocycles. The number of hydrogen-bond donors (Lipinski definition) is 1. The second-order valence-corrected chi connectivity index (χ2v) is 5.67. The predicted molar refractivity (Wildman–Crippen MR) is 81.7 cm³/mol. The summed E-state index contributed by atoms with van der Waals surface area (Å²) in [6.07, 6.45) is 0. The first-order valence-corrected chi connectivity index (χ1v) is 7.07. The van der Waals surface area contributed by atoms with Gasteiger partial charge in [-0.05, 0) is 37.1 Å². The van der Waals surface area contributed by atoms with Crippen LogP contribution in [0.2, 0.25) is 5.02 Å². The van der Waals surface area contributed by atoms with E-state index in [9.17, 15) is 0 Å². The van der Waals surface area contributed by atoms with Crippen molar-refractivity contribution in [2.24, 2.45) is 5.92 Å². The van der Waals surface area contributed by atoms with Crippen molar-refractivity contribution in [1.82, 2.24) is 5.32 Å². The first kappa shape index (κ1) is 15.3. The van der Waals surface area contributed by atoms with Gasteiger partial charge in [-0.3, -0.25) is 0 Å². The zero-order chi connectivity index (χ0) is 13.7. The van der Waals surface area contributed by atoms with E-state index in [4.69, 9.17) is 11.6 Å². The minimum Gasteiger partial charge on any atom is -0.374 e. The molecule has 0 bridgehead atoms. The van der Waals surface area contributed by atoms with Crippen LogP contribution in [-0.2, 0) is 0 Å². The topological polar surface area (TPSA) is 15.3 Å². The van der Waals surface area contributed by atoms with Crippen molar-refractivity contribution in [3.8, 4) is 0 Å². The van der Waals surface area contributed by atoms with Gasteiger partial charge >= 0.3 is 0 Å². The lowest BCUT2D eigenvalue weighted by molar-refractivity contribution is 0.598. The maximum Gasteiger partial charge on any atom is 0.0474 e. The number of rotatable bonds is 6. The maximum absolute atomic E-state index is 6.37. The Bertz CT molecular complexity index is 377. The van der Waals surface area contributed by atoms with Crippen LogP contribution in [0.25, 0.3) is 0 Å². The van der Waals surface area contributed by atoms with Gasteiger partial charge in [-0.25, -0.2) is 0 Å². The van der Waals surface area contributed by atoms with Crippen LogP contribution in [0.15, 0.2) is 18.2 Å². The average Bonchev–Trinajstić information content (AvgIpc) is 2.28. The third-order valence-electron chi connectivity index (χ3n) is 3.04. The van der Waals surface area contributed by atoms with E-state index in [2.05, 4.69) is 63.2 Å². The summed E-state index contributed by atoms with van der Waals surface area (Å²) < 4.78 is 0. The van der Waals surface area contributed by atoms with E-state index in [1.807, 2.05) is 0 Å². The highest BCUT2D eigenvalue weighted by atomic mass is 35.5. The molecule has 0 saturated carbocycles. The highest BCUT2D eigenvalue weighted by Gasteiger charge is 2.11. The smallest absolute Gasteiger partial charge is 0.0474 e. The minimum absolute atomic E-state index is 0.298. The van der Waals surface area contributed by atoms with E-state index in [0.717, 1.165) is 18.1 Å². The van der Waals surface area contributed by atoms with Crippen molar-refractivity contribution in [3.05, 3.63) is 28.8 Å². The number of hydrogen-bond acceptors (Lipinski definition) is 2. The molecule has 0 aliphatic rings. The number of nitrogens with one attached hydrogen (secondary N) is 1. The molecular formula is C15H25ClN2. The molecule has 0 fully saturated rings. The van der Waals surface area contributed by atoms with Gasteiger partial charge in [-0.1, -0.05) is 38.4 Å². The summed E-state index contributed by atoms with van der Waals surface area (Å²) in [7, 11) is 2.11. The highest BCUT2D eigenvalue weighted by Crippen LogP contribution is 2.27. The van der Waals surface area contributed by atoms with E-state index < -0.39 is 0 Å². The molecule has 1 rings (SSSR count). The van der Waals surface area contributed by atoms with Crippen molar-refractivity contribution in [2.75, 3.05) is 25.0 Å². The summed E-state index contributed by atoms with van der Waals surface area (Å²) in [5, 5.41) is 4.23. The van der Waals surface area contributed by atoms with Gasteiger partial charge in [0.1, 0.15) is 0 Å². The van der Waals surface area contributed by atoms with E-state index in [0.29, 0.717) is 12.0 Å². The molecule has 102 valence electrons. The monoisotopic (exact) mass is 268 g/mol. The highest BCUT2D eigenvalue weighted by molar-refractivity contribution is 6.31. The SMILES string of the molecule is CCNC(C)c1ccc(N(C)CC(C)C)cc1Cl. The Morgan fingerprint density at radius 1 is 1.28 bits per heavy atom. The van der Waals surface area contributed by atoms with Gasteiger partial charge in [0.2, 0.25) is 0 Å². The zero-order valence-electron chi connectivity index (χ0n) is 12.1. The number of halogens is 1. The third-order valence-corrected chi connectivity index (χ3v) is 3.37. The van der Waals surface area contributed by atoms with Crippen LogP contribution in [0.1, 0.15) is 39.3 Å². The van der Waals surface area contributed by atoms with E-state index in [1.165, 1.54) is 11.3 Å². The molecule has 0 amide bonds. The quantitative estimate of drug-likeness (QED) is 0.836. The molecule has 0 radical (unpaired) electrons. The standard InChI is InChI=1S/C15H25ClN2/c1-6-17-12(4)14-8-7-13(9-15(14)16)18(5)10-11(2)3/h7-9,11-12,17H,6,10H2,1-5H3. The molecular weight excluding hydrogens is 244 g/mol. The Balaban J connectivity index is 2.85. The summed E-state index contributed by atoms with van der Waals surface area (Å²) in [6.45, 7) is 10.7. The Morgan fingerprint density at radius 2 is 1.94 bits per heavy atom. The van der Waals surface area contributed by atoms with Crippen molar-refractivity contribution in [3.63, 3.8) is 0 Å². The molecule has 0 aliphatic heterocycles. The summed E-state index contributed by atoms with van der Waals surface area (Å²) in [5.74, 6) is 0.647.